The SMILES string of the molecule is CN(C1CC1)S(=O)(=O)c1ccc(NN)cc1. The number of sulfonamides is 1. The molecule has 88 valence electrons. The lowest BCUT2D eigenvalue weighted by Gasteiger charge is -2.16. The zero-order valence-corrected chi connectivity index (χ0v) is 9.87. The molecule has 2 rings (SSSR count). The maximum Gasteiger partial charge on any atom is 0.243 e. The molecule has 0 aliphatic heterocycles. The number of nitrogens with two attached hydrogens (primary N) is 1. The van der Waals surface area contributed by atoms with Gasteiger partial charge in [0.2, 0.25) is 10.0 Å². The number of hydrazine groups is 1. The Morgan fingerprint density at radius 2 is 1.88 bits per heavy atom. The third kappa shape index (κ3) is 2.04. The van der Waals surface area contributed by atoms with Gasteiger partial charge in [-0.3, -0.25) is 5.84 Å². The fraction of sp³-hybridized carbons (Fsp3) is 0.400. The van der Waals surface area contributed by atoms with E-state index in [2.05, 4.69) is 5.43 Å². The molecule has 0 aromatic heterocycles. The second-order valence-electron chi connectivity index (χ2n) is 3.92. The van der Waals surface area contributed by atoms with Crippen LogP contribution in [-0.4, -0.2) is 25.8 Å². The van der Waals surface area contributed by atoms with Gasteiger partial charge in [-0.15, -0.1) is 0 Å². The highest BCUT2D eigenvalue weighted by Crippen LogP contribution is 2.30. The highest BCUT2D eigenvalue weighted by molar-refractivity contribution is 7.89. The van der Waals surface area contributed by atoms with Crippen molar-refractivity contribution in [3.05, 3.63) is 24.3 Å². The van der Waals surface area contributed by atoms with Crippen LogP contribution >= 0.6 is 0 Å². The molecule has 0 bridgehead atoms. The minimum absolute atomic E-state index is 0.178. The van der Waals surface area contributed by atoms with Gasteiger partial charge in [0.05, 0.1) is 4.90 Å². The molecule has 1 aromatic carbocycles. The van der Waals surface area contributed by atoms with Gasteiger partial charge in [-0.1, -0.05) is 0 Å². The molecule has 0 atom stereocenters. The summed E-state index contributed by atoms with van der Waals surface area (Å²) in [4.78, 5) is 0.306. The van der Waals surface area contributed by atoms with Crippen molar-refractivity contribution in [3.8, 4) is 0 Å². The van der Waals surface area contributed by atoms with Crippen molar-refractivity contribution in [1.29, 1.82) is 0 Å². The van der Waals surface area contributed by atoms with Gasteiger partial charge in [0.1, 0.15) is 0 Å². The van der Waals surface area contributed by atoms with Crippen molar-refractivity contribution < 1.29 is 8.42 Å². The molecule has 1 aromatic rings. The van der Waals surface area contributed by atoms with Crippen LogP contribution in [0, 0.1) is 0 Å². The molecule has 0 spiro atoms. The highest BCUT2D eigenvalue weighted by Gasteiger charge is 2.34. The van der Waals surface area contributed by atoms with E-state index < -0.39 is 10.0 Å². The monoisotopic (exact) mass is 241 g/mol. The van der Waals surface area contributed by atoms with E-state index in [1.165, 1.54) is 4.31 Å². The largest absolute Gasteiger partial charge is 0.324 e. The molecule has 1 fully saturated rings. The highest BCUT2D eigenvalue weighted by atomic mass is 32.2. The summed E-state index contributed by atoms with van der Waals surface area (Å²) in [5, 5.41) is 0. The van der Waals surface area contributed by atoms with Gasteiger partial charge >= 0.3 is 0 Å². The maximum absolute atomic E-state index is 12.1. The molecule has 0 saturated heterocycles. The first-order valence-corrected chi connectivity index (χ1v) is 6.54. The zero-order valence-electron chi connectivity index (χ0n) is 9.05. The second kappa shape index (κ2) is 4.04. The fourth-order valence-electron chi connectivity index (χ4n) is 1.52. The summed E-state index contributed by atoms with van der Waals surface area (Å²) in [5.41, 5.74) is 3.15. The molecule has 6 heteroatoms. The molecular formula is C10H15N3O2S. The number of benzene rings is 1. The number of anilines is 1. The van der Waals surface area contributed by atoms with Crippen LogP contribution in [0.25, 0.3) is 0 Å². The van der Waals surface area contributed by atoms with E-state index in [0.29, 0.717) is 10.6 Å². The molecule has 0 amide bonds. The number of hydrogen-bond donors (Lipinski definition) is 2. The van der Waals surface area contributed by atoms with Crippen molar-refractivity contribution in [2.45, 2.75) is 23.8 Å². The van der Waals surface area contributed by atoms with E-state index >= 15 is 0 Å². The van der Waals surface area contributed by atoms with E-state index in [9.17, 15) is 8.42 Å². The summed E-state index contributed by atoms with van der Waals surface area (Å²) in [7, 11) is -1.71. The summed E-state index contributed by atoms with van der Waals surface area (Å²) >= 11 is 0. The quantitative estimate of drug-likeness (QED) is 0.602. The molecule has 1 aliphatic carbocycles. The van der Waals surface area contributed by atoms with Crippen LogP contribution in [0.5, 0.6) is 0 Å². The van der Waals surface area contributed by atoms with Crippen LogP contribution in [-0.2, 0) is 10.0 Å². The lowest BCUT2D eigenvalue weighted by molar-refractivity contribution is 0.464. The van der Waals surface area contributed by atoms with Crippen molar-refractivity contribution in [1.82, 2.24) is 4.31 Å². The average molecular weight is 241 g/mol. The molecule has 1 aliphatic rings. The molecular weight excluding hydrogens is 226 g/mol. The summed E-state index contributed by atoms with van der Waals surface area (Å²) < 4.78 is 25.6. The smallest absolute Gasteiger partial charge is 0.243 e. The Kier molecular flexibility index (Phi) is 2.88. The number of rotatable bonds is 4. The Labute approximate surface area is 95.3 Å². The van der Waals surface area contributed by atoms with E-state index in [1.807, 2.05) is 0 Å². The summed E-state index contributed by atoms with van der Waals surface area (Å²) in [5.74, 6) is 5.22. The van der Waals surface area contributed by atoms with Gasteiger partial charge < -0.3 is 5.43 Å². The second-order valence-corrected chi connectivity index (χ2v) is 5.92. The minimum Gasteiger partial charge on any atom is -0.324 e. The standard InChI is InChI=1S/C10H15N3O2S/c1-13(9-4-5-9)16(14,15)10-6-2-8(12-11)3-7-10/h2-3,6-7,9,12H,4-5,11H2,1H3. The first kappa shape index (κ1) is 11.4. The van der Waals surface area contributed by atoms with Crippen LogP contribution in [0.4, 0.5) is 5.69 Å². The summed E-state index contributed by atoms with van der Waals surface area (Å²) in [6.07, 6.45) is 1.91. The number of hydrogen-bond acceptors (Lipinski definition) is 4. The van der Waals surface area contributed by atoms with Crippen LogP contribution < -0.4 is 11.3 Å². The van der Waals surface area contributed by atoms with Crippen molar-refractivity contribution in [2.24, 2.45) is 5.84 Å². The molecule has 1 saturated carbocycles. The zero-order chi connectivity index (χ0) is 11.8. The number of nitrogen functional groups attached to an aromatic ring is 1. The molecule has 0 radical (unpaired) electrons. The lowest BCUT2D eigenvalue weighted by atomic mass is 10.3. The van der Waals surface area contributed by atoms with Crippen molar-refractivity contribution >= 4 is 15.7 Å². The van der Waals surface area contributed by atoms with Crippen molar-refractivity contribution in [2.75, 3.05) is 12.5 Å². The first-order chi connectivity index (χ1) is 7.55. The Balaban J connectivity index is 2.27. The van der Waals surface area contributed by atoms with Crippen LogP contribution in [0.1, 0.15) is 12.8 Å². The fourth-order valence-corrected chi connectivity index (χ4v) is 2.94. The van der Waals surface area contributed by atoms with E-state index in [4.69, 9.17) is 5.84 Å². The molecule has 0 unspecified atom stereocenters. The van der Waals surface area contributed by atoms with E-state index in [1.54, 1.807) is 31.3 Å². The predicted molar refractivity (Wildman–Crippen MR) is 62.2 cm³/mol. The number of nitrogens with one attached hydrogen (secondary N) is 1. The van der Waals surface area contributed by atoms with Gasteiger partial charge in [0.25, 0.3) is 0 Å². The Morgan fingerprint density at radius 1 is 1.31 bits per heavy atom. The van der Waals surface area contributed by atoms with Crippen molar-refractivity contribution in [3.63, 3.8) is 0 Å². The van der Waals surface area contributed by atoms with E-state index in [0.717, 1.165) is 12.8 Å². The molecule has 16 heavy (non-hydrogen) atoms. The summed E-state index contributed by atoms with van der Waals surface area (Å²) in [6.45, 7) is 0. The van der Waals surface area contributed by atoms with Gasteiger partial charge in [-0.2, -0.15) is 4.31 Å². The Hall–Kier alpha value is -1.11. The third-order valence-electron chi connectivity index (χ3n) is 2.76. The average Bonchev–Trinajstić information content (AvgIpc) is 3.12. The van der Waals surface area contributed by atoms with E-state index in [-0.39, 0.29) is 6.04 Å². The predicted octanol–water partition coefficient (Wildman–Crippen LogP) is 0.755. The molecule has 3 N–H and O–H groups in total. The third-order valence-corrected chi connectivity index (χ3v) is 4.68. The maximum atomic E-state index is 12.1. The Morgan fingerprint density at radius 3 is 2.31 bits per heavy atom. The first-order valence-electron chi connectivity index (χ1n) is 5.10. The van der Waals surface area contributed by atoms with Gasteiger partial charge in [0.15, 0.2) is 0 Å². The molecule has 5 nitrogen and oxygen atoms in total. The molecule has 0 heterocycles. The summed E-state index contributed by atoms with van der Waals surface area (Å²) in [6, 6.07) is 6.59. The topological polar surface area (TPSA) is 75.4 Å². The van der Waals surface area contributed by atoms with Crippen LogP contribution in [0.3, 0.4) is 0 Å². The van der Waals surface area contributed by atoms with Gasteiger partial charge in [-0.05, 0) is 37.1 Å². The van der Waals surface area contributed by atoms with Gasteiger partial charge in [0, 0.05) is 18.8 Å². The lowest BCUT2D eigenvalue weighted by Crippen LogP contribution is -2.28. The van der Waals surface area contributed by atoms with Crippen LogP contribution in [0.2, 0.25) is 0 Å². The van der Waals surface area contributed by atoms with Crippen LogP contribution in [0.15, 0.2) is 29.2 Å². The minimum atomic E-state index is -3.34. The van der Waals surface area contributed by atoms with Gasteiger partial charge in [-0.25, -0.2) is 8.42 Å². The number of nitrogens with zero attached hydrogens (tertiary/aromatic N) is 1. The normalized spacial score (nSPS) is 16.4. The Bertz CT molecular complexity index is 465.